The summed E-state index contributed by atoms with van der Waals surface area (Å²) in [4.78, 5) is 10.4. The molecule has 22 heavy (non-hydrogen) atoms. The highest BCUT2D eigenvalue weighted by Gasteiger charge is 2.22. The van der Waals surface area contributed by atoms with E-state index in [2.05, 4.69) is 13.8 Å². The van der Waals surface area contributed by atoms with Gasteiger partial charge in [0.25, 0.3) is 0 Å². The average molecular weight is 318 g/mol. The Morgan fingerprint density at radius 1 is 1.05 bits per heavy atom. The lowest BCUT2D eigenvalue weighted by atomic mass is 9.92. The second-order valence-electron chi connectivity index (χ2n) is 5.56. The molecule has 1 atom stereocenters. The van der Waals surface area contributed by atoms with Crippen LogP contribution in [0.2, 0.25) is 0 Å². The third kappa shape index (κ3) is 14.5. The lowest BCUT2D eigenvalue weighted by molar-refractivity contribution is -0.123. The number of hydrogen-bond donors (Lipinski definition) is 1. The van der Waals surface area contributed by atoms with Gasteiger partial charge in [0.05, 0.1) is 0 Å². The van der Waals surface area contributed by atoms with Crippen LogP contribution in [0.5, 0.6) is 0 Å². The number of carbonyl (C=O) groups is 1. The molecular formula is C18H39NO3. The van der Waals surface area contributed by atoms with Crippen LogP contribution in [0.3, 0.4) is 0 Å². The van der Waals surface area contributed by atoms with E-state index >= 15 is 0 Å². The number of ether oxygens (including phenoxy) is 2. The number of hydrogen-bond acceptors (Lipinski definition) is 4. The van der Waals surface area contributed by atoms with Crippen molar-refractivity contribution in [3.63, 3.8) is 0 Å². The molecule has 134 valence electrons. The summed E-state index contributed by atoms with van der Waals surface area (Å²) in [7, 11) is 0. The maximum atomic E-state index is 10.4. The Morgan fingerprint density at radius 3 is 1.77 bits per heavy atom. The fourth-order valence-corrected chi connectivity index (χ4v) is 2.26. The molecule has 0 aromatic rings. The molecule has 0 aromatic heterocycles. The van der Waals surface area contributed by atoms with Crippen LogP contribution in [0, 0.1) is 11.8 Å². The summed E-state index contributed by atoms with van der Waals surface area (Å²) in [6, 6.07) is 0. The van der Waals surface area contributed by atoms with Gasteiger partial charge < -0.3 is 20.0 Å². The zero-order chi connectivity index (χ0) is 17.2. The highest BCUT2D eigenvalue weighted by molar-refractivity contribution is 5.54. The molecule has 0 bridgehead atoms. The molecule has 1 saturated carbocycles. The Morgan fingerprint density at radius 2 is 1.50 bits per heavy atom. The molecule has 2 N–H and O–H groups in total. The van der Waals surface area contributed by atoms with Gasteiger partial charge >= 0.3 is 0 Å². The lowest BCUT2D eigenvalue weighted by Crippen LogP contribution is -2.22. The van der Waals surface area contributed by atoms with E-state index in [4.69, 9.17) is 15.2 Å². The van der Waals surface area contributed by atoms with E-state index in [0.29, 0.717) is 12.5 Å². The van der Waals surface area contributed by atoms with Crippen molar-refractivity contribution < 1.29 is 14.3 Å². The second kappa shape index (κ2) is 18.6. The van der Waals surface area contributed by atoms with Gasteiger partial charge in [-0.2, -0.15) is 0 Å². The smallest absolute Gasteiger partial charge is 0.154 e. The predicted octanol–water partition coefficient (Wildman–Crippen LogP) is 4.16. The maximum absolute atomic E-state index is 10.4. The van der Waals surface area contributed by atoms with Crippen molar-refractivity contribution in [2.45, 2.75) is 79.4 Å². The monoisotopic (exact) mass is 317 g/mol. The van der Waals surface area contributed by atoms with Gasteiger partial charge in [0, 0.05) is 25.7 Å². The van der Waals surface area contributed by atoms with Gasteiger partial charge in [-0.15, -0.1) is 0 Å². The third-order valence-electron chi connectivity index (χ3n) is 3.76. The van der Waals surface area contributed by atoms with Crippen molar-refractivity contribution in [1.29, 1.82) is 0 Å². The van der Waals surface area contributed by atoms with Crippen LogP contribution in [0.1, 0.15) is 73.1 Å². The minimum atomic E-state index is -0.0370. The molecule has 0 aliphatic heterocycles. The van der Waals surface area contributed by atoms with Gasteiger partial charge in [0.1, 0.15) is 6.29 Å². The zero-order valence-corrected chi connectivity index (χ0v) is 15.5. The fraction of sp³-hybridized carbons (Fsp3) is 0.944. The van der Waals surface area contributed by atoms with E-state index in [9.17, 15) is 4.79 Å². The van der Waals surface area contributed by atoms with Crippen molar-refractivity contribution in [3.05, 3.63) is 0 Å². The molecule has 1 unspecified atom stereocenters. The summed E-state index contributed by atoms with van der Waals surface area (Å²) < 4.78 is 10.1. The predicted molar refractivity (Wildman–Crippen MR) is 93.9 cm³/mol. The summed E-state index contributed by atoms with van der Waals surface area (Å²) >= 11 is 0. The van der Waals surface area contributed by atoms with Crippen LogP contribution in [0.4, 0.5) is 0 Å². The number of unbranched alkanes of at least 4 members (excludes halogenated alkanes) is 1. The van der Waals surface area contributed by atoms with Crippen LogP contribution in [0.15, 0.2) is 0 Å². The molecule has 0 aromatic carbocycles. The van der Waals surface area contributed by atoms with Crippen molar-refractivity contribution in [3.8, 4) is 0 Å². The molecule has 1 rings (SSSR count). The third-order valence-corrected chi connectivity index (χ3v) is 3.76. The molecule has 4 nitrogen and oxygen atoms in total. The van der Waals surface area contributed by atoms with Gasteiger partial charge in [0.15, 0.2) is 6.29 Å². The minimum absolute atomic E-state index is 0.0370. The number of nitrogens with two attached hydrogens (primary N) is 1. The average Bonchev–Trinajstić information content (AvgIpc) is 3.04. The molecule has 1 aliphatic rings. The molecule has 0 saturated heterocycles. The maximum Gasteiger partial charge on any atom is 0.154 e. The number of rotatable bonds is 8. The molecule has 0 heterocycles. The summed E-state index contributed by atoms with van der Waals surface area (Å²) in [5.41, 5.74) is 5.43. The van der Waals surface area contributed by atoms with Gasteiger partial charge in [0.2, 0.25) is 0 Å². The summed E-state index contributed by atoms with van der Waals surface area (Å²) in [6.07, 6.45) is 8.62. The van der Waals surface area contributed by atoms with E-state index in [1.807, 2.05) is 20.8 Å². The van der Waals surface area contributed by atoms with Crippen LogP contribution in [-0.2, 0) is 14.3 Å². The van der Waals surface area contributed by atoms with Crippen LogP contribution in [-0.4, -0.2) is 32.3 Å². The van der Waals surface area contributed by atoms with Gasteiger partial charge in [-0.1, -0.05) is 39.5 Å². The van der Waals surface area contributed by atoms with Gasteiger partial charge in [-0.25, -0.2) is 0 Å². The van der Waals surface area contributed by atoms with Crippen molar-refractivity contribution in [1.82, 2.24) is 0 Å². The summed E-state index contributed by atoms with van der Waals surface area (Å²) in [6.45, 7) is 12.1. The second-order valence-corrected chi connectivity index (χ2v) is 5.56. The standard InChI is InChI=1S/C8H15NO.C6H14O2.C4H10/c9-5-8(6-10)7-3-1-2-4-7;1-4-7-6(3)8-5-2;1-3-4-2/h6-8H,1-5,9H2;6H,4-5H2,1-3H3;3-4H2,1-2H3. The normalized spacial score (nSPS) is 15.6. The first-order valence-corrected chi connectivity index (χ1v) is 8.99. The minimum Gasteiger partial charge on any atom is -0.353 e. The largest absolute Gasteiger partial charge is 0.353 e. The van der Waals surface area contributed by atoms with Crippen LogP contribution in [0.25, 0.3) is 0 Å². The van der Waals surface area contributed by atoms with Crippen LogP contribution < -0.4 is 5.73 Å². The molecule has 4 heteroatoms. The Hall–Kier alpha value is -0.450. The first kappa shape index (κ1) is 23.8. The molecule has 0 spiro atoms. The molecule has 1 fully saturated rings. The first-order chi connectivity index (χ1) is 10.6. The number of aldehydes is 1. The highest BCUT2D eigenvalue weighted by Crippen LogP contribution is 2.29. The Kier molecular flexibility index (Phi) is 20.1. The molecule has 0 radical (unpaired) electrons. The SMILES string of the molecule is CCCC.CCOC(C)OCC.NCC(C=O)C1CCCC1. The van der Waals surface area contributed by atoms with E-state index in [1.165, 1.54) is 38.5 Å². The fourth-order valence-electron chi connectivity index (χ4n) is 2.26. The van der Waals surface area contributed by atoms with Crippen LogP contribution >= 0.6 is 0 Å². The van der Waals surface area contributed by atoms with Crippen molar-refractivity contribution in [2.24, 2.45) is 17.6 Å². The molecule has 0 amide bonds. The van der Waals surface area contributed by atoms with Gasteiger partial charge in [-0.3, -0.25) is 0 Å². The van der Waals surface area contributed by atoms with Crippen molar-refractivity contribution >= 4 is 6.29 Å². The summed E-state index contributed by atoms with van der Waals surface area (Å²) in [5.74, 6) is 0.741. The summed E-state index contributed by atoms with van der Waals surface area (Å²) in [5, 5.41) is 0. The lowest BCUT2D eigenvalue weighted by Gasteiger charge is -2.13. The van der Waals surface area contributed by atoms with Gasteiger partial charge in [-0.05, 0) is 39.5 Å². The number of carbonyl (C=O) groups excluding carboxylic acids is 1. The van der Waals surface area contributed by atoms with E-state index < -0.39 is 0 Å². The highest BCUT2D eigenvalue weighted by atomic mass is 16.7. The Labute approximate surface area is 138 Å². The zero-order valence-electron chi connectivity index (χ0n) is 15.5. The Bertz CT molecular complexity index is 210. The topological polar surface area (TPSA) is 61.6 Å². The van der Waals surface area contributed by atoms with E-state index in [1.54, 1.807) is 0 Å². The molecule has 1 aliphatic carbocycles. The van der Waals surface area contributed by atoms with E-state index in [0.717, 1.165) is 19.5 Å². The first-order valence-electron chi connectivity index (χ1n) is 8.99. The van der Waals surface area contributed by atoms with Crippen molar-refractivity contribution in [2.75, 3.05) is 19.8 Å². The Balaban J connectivity index is 0. The van der Waals surface area contributed by atoms with E-state index in [-0.39, 0.29) is 12.2 Å². The molecular weight excluding hydrogens is 278 g/mol. The quantitative estimate of drug-likeness (QED) is 0.539.